The second-order valence-electron chi connectivity index (χ2n) is 8.00. The Balaban J connectivity index is 1.86. The summed E-state index contributed by atoms with van der Waals surface area (Å²) in [6.07, 6.45) is 1.48. The number of carbonyl (C=O) groups is 3. The van der Waals surface area contributed by atoms with Crippen molar-refractivity contribution in [3.8, 4) is 0 Å². The second kappa shape index (κ2) is 8.99. The lowest BCUT2D eigenvalue weighted by atomic mass is 10.1. The van der Waals surface area contributed by atoms with Crippen LogP contribution in [0.5, 0.6) is 0 Å². The third-order valence-corrected chi connectivity index (χ3v) is 4.37. The molecule has 148 valence electrons. The number of nitrogens with one attached hydrogen (secondary N) is 3. The van der Waals surface area contributed by atoms with Crippen LogP contribution < -0.4 is 20.4 Å². The zero-order valence-electron chi connectivity index (χ0n) is 16.7. The van der Waals surface area contributed by atoms with Crippen LogP contribution in [0.3, 0.4) is 0 Å². The van der Waals surface area contributed by atoms with Crippen molar-refractivity contribution in [2.45, 2.75) is 46.1 Å². The normalized spacial score (nSPS) is 15.6. The van der Waals surface area contributed by atoms with Crippen molar-refractivity contribution in [3.63, 3.8) is 0 Å². The number of quaternary nitrogens is 1. The number of rotatable bonds is 7. The topological polar surface area (TPSA) is 83.0 Å². The van der Waals surface area contributed by atoms with Crippen LogP contribution in [0.1, 0.15) is 40.5 Å². The van der Waals surface area contributed by atoms with Gasteiger partial charge in [0.05, 0.1) is 6.54 Å². The number of nitrogens with zero attached hydrogens (tertiary/aromatic N) is 1. The van der Waals surface area contributed by atoms with Gasteiger partial charge in [-0.1, -0.05) is 0 Å². The smallest absolute Gasteiger partial charge is 0.279 e. The Labute approximate surface area is 161 Å². The highest BCUT2D eigenvalue weighted by Crippen LogP contribution is 2.22. The lowest BCUT2D eigenvalue weighted by Gasteiger charge is -2.23. The monoisotopic (exact) mass is 375 g/mol. The fourth-order valence-corrected chi connectivity index (χ4v) is 3.08. The van der Waals surface area contributed by atoms with Crippen LogP contribution in [0.25, 0.3) is 0 Å². The van der Waals surface area contributed by atoms with Crippen LogP contribution in [0.15, 0.2) is 24.3 Å². The van der Waals surface area contributed by atoms with E-state index < -0.39 is 0 Å². The lowest BCUT2D eigenvalue weighted by molar-refractivity contribution is -0.881. The first-order valence-corrected chi connectivity index (χ1v) is 9.53. The molecule has 3 amide bonds. The fraction of sp³-hybridized carbons (Fsp3) is 0.550. The van der Waals surface area contributed by atoms with E-state index in [1.807, 2.05) is 39.8 Å². The third-order valence-electron chi connectivity index (χ3n) is 4.37. The van der Waals surface area contributed by atoms with E-state index in [0.717, 1.165) is 23.6 Å². The molecule has 0 radical (unpaired) electrons. The van der Waals surface area contributed by atoms with Crippen molar-refractivity contribution < 1.29 is 19.3 Å². The molecule has 2 rings (SSSR count). The molecule has 27 heavy (non-hydrogen) atoms. The van der Waals surface area contributed by atoms with Crippen molar-refractivity contribution in [2.24, 2.45) is 0 Å². The first kappa shape index (κ1) is 20.9. The molecular weight excluding hydrogens is 344 g/mol. The van der Waals surface area contributed by atoms with Crippen molar-refractivity contribution in [1.82, 2.24) is 5.32 Å². The van der Waals surface area contributed by atoms with Gasteiger partial charge in [0.1, 0.15) is 0 Å². The van der Waals surface area contributed by atoms with E-state index in [2.05, 4.69) is 10.6 Å². The van der Waals surface area contributed by atoms with Crippen molar-refractivity contribution >= 4 is 29.1 Å². The summed E-state index contributed by atoms with van der Waals surface area (Å²) in [4.78, 5) is 38.8. The van der Waals surface area contributed by atoms with Gasteiger partial charge >= 0.3 is 0 Å². The van der Waals surface area contributed by atoms with Gasteiger partial charge in [-0.2, -0.15) is 0 Å². The predicted molar refractivity (Wildman–Crippen MR) is 106 cm³/mol. The molecule has 3 N–H and O–H groups in total. The minimum absolute atomic E-state index is 0.0632. The highest BCUT2D eigenvalue weighted by atomic mass is 16.2. The van der Waals surface area contributed by atoms with E-state index in [1.165, 1.54) is 0 Å². The Bertz CT molecular complexity index is 679. The molecule has 0 spiro atoms. The number of hydrogen-bond donors (Lipinski definition) is 3. The van der Waals surface area contributed by atoms with Gasteiger partial charge in [-0.3, -0.25) is 14.4 Å². The van der Waals surface area contributed by atoms with Gasteiger partial charge in [0.15, 0.2) is 13.1 Å². The van der Waals surface area contributed by atoms with Gasteiger partial charge in [-0.15, -0.1) is 0 Å². The Morgan fingerprint density at radius 3 is 2.26 bits per heavy atom. The number of hydrogen-bond acceptors (Lipinski definition) is 3. The van der Waals surface area contributed by atoms with Crippen LogP contribution in [0.2, 0.25) is 0 Å². The fourth-order valence-electron chi connectivity index (χ4n) is 3.08. The Kier molecular flexibility index (Phi) is 6.96. The molecule has 1 aliphatic heterocycles. The second-order valence-corrected chi connectivity index (χ2v) is 8.00. The summed E-state index contributed by atoms with van der Waals surface area (Å²) in [5, 5.41) is 5.78. The van der Waals surface area contributed by atoms with Crippen molar-refractivity contribution in [2.75, 3.05) is 36.4 Å². The van der Waals surface area contributed by atoms with E-state index >= 15 is 0 Å². The summed E-state index contributed by atoms with van der Waals surface area (Å²) < 4.78 is 0. The maximum absolute atomic E-state index is 12.3. The molecule has 1 saturated heterocycles. The minimum atomic E-state index is -0.281. The molecule has 1 heterocycles. The molecule has 0 aliphatic carbocycles. The van der Waals surface area contributed by atoms with Gasteiger partial charge in [0.25, 0.3) is 11.8 Å². The summed E-state index contributed by atoms with van der Waals surface area (Å²) in [6, 6.07) is 7.30. The summed E-state index contributed by atoms with van der Waals surface area (Å²) >= 11 is 0. The van der Waals surface area contributed by atoms with E-state index in [4.69, 9.17) is 0 Å². The van der Waals surface area contributed by atoms with Crippen LogP contribution in [-0.2, 0) is 14.4 Å². The van der Waals surface area contributed by atoms with Gasteiger partial charge < -0.3 is 20.4 Å². The van der Waals surface area contributed by atoms with E-state index in [9.17, 15) is 14.4 Å². The molecule has 1 aromatic rings. The summed E-state index contributed by atoms with van der Waals surface area (Å²) in [7, 11) is 0. The molecule has 0 aromatic heterocycles. The predicted octanol–water partition coefficient (Wildman–Crippen LogP) is 0.571. The van der Waals surface area contributed by atoms with Gasteiger partial charge in [-0.25, -0.2) is 0 Å². The molecule has 1 aliphatic rings. The number of benzene rings is 1. The number of anilines is 2. The zero-order chi connectivity index (χ0) is 20.0. The van der Waals surface area contributed by atoms with Crippen molar-refractivity contribution in [3.05, 3.63) is 24.3 Å². The molecular formula is C20H31N4O3+. The van der Waals surface area contributed by atoms with Crippen LogP contribution in [-0.4, -0.2) is 49.4 Å². The first-order chi connectivity index (χ1) is 12.7. The zero-order valence-corrected chi connectivity index (χ0v) is 16.7. The molecule has 1 fully saturated rings. The van der Waals surface area contributed by atoms with E-state index in [1.54, 1.807) is 17.0 Å². The van der Waals surface area contributed by atoms with Crippen LogP contribution in [0.4, 0.5) is 11.4 Å². The highest BCUT2D eigenvalue weighted by molar-refractivity contribution is 5.96. The molecule has 7 nitrogen and oxygen atoms in total. The van der Waals surface area contributed by atoms with E-state index in [-0.39, 0.29) is 36.3 Å². The van der Waals surface area contributed by atoms with E-state index in [0.29, 0.717) is 18.7 Å². The van der Waals surface area contributed by atoms with Crippen LogP contribution in [0, 0.1) is 0 Å². The number of likely N-dealkylation sites (N-methyl/N-ethyl adjacent to an activating group) is 1. The number of carbonyl (C=O) groups excluding carboxylic acids is 3. The van der Waals surface area contributed by atoms with Gasteiger partial charge in [0, 0.05) is 29.9 Å². The molecule has 1 unspecified atom stereocenters. The Hall–Kier alpha value is -2.41. The molecule has 7 heteroatoms. The summed E-state index contributed by atoms with van der Waals surface area (Å²) in [5.74, 6) is -0.0605. The Morgan fingerprint density at radius 1 is 1.11 bits per heavy atom. The summed E-state index contributed by atoms with van der Waals surface area (Å²) in [5.41, 5.74) is 1.26. The Morgan fingerprint density at radius 2 is 1.74 bits per heavy atom. The number of amides is 3. The standard InChI is InChI=1S/C20H30N4O3/c1-5-23(14-18(26)22-20(2,3)4)13-17(25)21-15-8-10-16(11-9-15)24-12-6-7-19(24)27/h8-11H,5-7,12-14H2,1-4H3,(H,21,25)(H,22,26)/p+1. The van der Waals surface area contributed by atoms with Gasteiger partial charge in [-0.05, 0) is 58.4 Å². The third kappa shape index (κ3) is 6.67. The highest BCUT2D eigenvalue weighted by Gasteiger charge is 2.22. The largest absolute Gasteiger partial charge is 0.347 e. The quantitative estimate of drug-likeness (QED) is 0.652. The molecule has 1 atom stereocenters. The maximum Gasteiger partial charge on any atom is 0.279 e. The maximum atomic E-state index is 12.3. The van der Waals surface area contributed by atoms with Crippen LogP contribution >= 0.6 is 0 Å². The average Bonchev–Trinajstić information content (AvgIpc) is 2.99. The van der Waals surface area contributed by atoms with Crippen molar-refractivity contribution in [1.29, 1.82) is 0 Å². The minimum Gasteiger partial charge on any atom is -0.347 e. The SMILES string of the molecule is CC[NH+](CC(=O)Nc1ccc(N2CCCC2=O)cc1)CC(=O)NC(C)(C)C. The molecule has 1 aromatic carbocycles. The summed E-state index contributed by atoms with van der Waals surface area (Å²) in [6.45, 7) is 9.66. The first-order valence-electron chi connectivity index (χ1n) is 9.53. The molecule has 0 bridgehead atoms. The molecule has 0 saturated carbocycles. The average molecular weight is 375 g/mol. The van der Waals surface area contributed by atoms with Gasteiger partial charge in [0.2, 0.25) is 5.91 Å². The lowest BCUT2D eigenvalue weighted by Crippen LogP contribution is -3.14.